The van der Waals surface area contributed by atoms with Crippen molar-refractivity contribution in [1.82, 2.24) is 0 Å². The first-order valence-corrected chi connectivity index (χ1v) is 9.01. The molecule has 0 amide bonds. The quantitative estimate of drug-likeness (QED) is 0.815. The van der Waals surface area contributed by atoms with E-state index < -0.39 is 5.60 Å². The average molecular weight is 314 g/mol. The topological polar surface area (TPSA) is 20.2 Å². The van der Waals surface area contributed by atoms with Gasteiger partial charge in [0.25, 0.3) is 0 Å². The number of hydrogen-bond donors (Lipinski definition) is 1. The number of hydrogen-bond acceptors (Lipinski definition) is 1. The van der Waals surface area contributed by atoms with Crippen LogP contribution >= 0.6 is 0 Å². The van der Waals surface area contributed by atoms with Crippen LogP contribution in [0.15, 0.2) is 84.5 Å². The third-order valence-electron chi connectivity index (χ3n) is 6.39. The van der Waals surface area contributed by atoms with Crippen LogP contribution in [0.2, 0.25) is 0 Å². The highest BCUT2D eigenvalue weighted by atomic mass is 16.3. The Balaban J connectivity index is 1.67. The SMILES string of the molecule is OC(C1=C[C@H]2C[C@@H]1C1CC=CC12)(c1ccccc1)c1ccccc1. The maximum Gasteiger partial charge on any atom is 0.136 e. The second kappa shape index (κ2) is 5.19. The molecule has 5 rings (SSSR count). The number of benzene rings is 2. The molecule has 2 bridgehead atoms. The first-order chi connectivity index (χ1) is 11.8. The molecule has 3 aliphatic carbocycles. The summed E-state index contributed by atoms with van der Waals surface area (Å²) in [5.41, 5.74) is 2.19. The molecule has 0 heterocycles. The van der Waals surface area contributed by atoms with E-state index in [1.54, 1.807) is 0 Å². The molecule has 1 fully saturated rings. The van der Waals surface area contributed by atoms with Gasteiger partial charge in [-0.2, -0.15) is 0 Å². The third kappa shape index (κ3) is 1.85. The Morgan fingerprint density at radius 2 is 1.50 bits per heavy atom. The Labute approximate surface area is 143 Å². The minimum absolute atomic E-state index is 0.500. The summed E-state index contributed by atoms with van der Waals surface area (Å²) in [5, 5.41) is 12.0. The van der Waals surface area contributed by atoms with E-state index in [0.29, 0.717) is 23.7 Å². The number of aliphatic hydroxyl groups is 1. The molecule has 1 N–H and O–H groups in total. The highest BCUT2D eigenvalue weighted by molar-refractivity contribution is 5.49. The van der Waals surface area contributed by atoms with Gasteiger partial charge in [-0.3, -0.25) is 0 Å². The Bertz CT molecular complexity index is 763. The fourth-order valence-electron chi connectivity index (χ4n) is 5.35. The number of fused-ring (bicyclic) bond motifs is 5. The zero-order chi connectivity index (χ0) is 16.1. The molecule has 1 heteroatoms. The van der Waals surface area contributed by atoms with Gasteiger partial charge in [-0.15, -0.1) is 0 Å². The van der Waals surface area contributed by atoms with Gasteiger partial charge in [-0.05, 0) is 53.2 Å². The van der Waals surface area contributed by atoms with Crippen molar-refractivity contribution in [2.75, 3.05) is 0 Å². The lowest BCUT2D eigenvalue weighted by molar-refractivity contribution is 0.102. The standard InChI is InChI=1S/C23H22O/c24-23(17-8-3-1-4-9-17,18-10-5-2-6-11-18)22-15-16-14-21(22)20-13-7-12-19(16)20/h1-12,15-16,19-21,24H,13-14H2/t16-,19?,20?,21-/m1/s1. The third-order valence-corrected chi connectivity index (χ3v) is 6.39. The molecule has 120 valence electrons. The van der Waals surface area contributed by atoms with E-state index in [2.05, 4.69) is 42.5 Å². The van der Waals surface area contributed by atoms with E-state index in [1.807, 2.05) is 36.4 Å². The zero-order valence-electron chi connectivity index (χ0n) is 13.7. The van der Waals surface area contributed by atoms with Crippen molar-refractivity contribution >= 4 is 0 Å². The molecule has 2 unspecified atom stereocenters. The lowest BCUT2D eigenvalue weighted by Gasteiger charge is -2.37. The van der Waals surface area contributed by atoms with Gasteiger partial charge in [0.2, 0.25) is 0 Å². The number of allylic oxidation sites excluding steroid dienone is 3. The minimum atomic E-state index is -1.00. The van der Waals surface area contributed by atoms with Crippen LogP contribution in [-0.4, -0.2) is 5.11 Å². The molecule has 0 aliphatic heterocycles. The van der Waals surface area contributed by atoms with Crippen LogP contribution < -0.4 is 0 Å². The van der Waals surface area contributed by atoms with Crippen molar-refractivity contribution in [3.8, 4) is 0 Å². The van der Waals surface area contributed by atoms with Crippen LogP contribution in [0.1, 0.15) is 24.0 Å². The lowest BCUT2D eigenvalue weighted by Crippen LogP contribution is -2.35. The summed E-state index contributed by atoms with van der Waals surface area (Å²) in [6.45, 7) is 0. The normalized spacial score (nSPS) is 30.5. The fraction of sp³-hybridized carbons (Fsp3) is 0.304. The van der Waals surface area contributed by atoms with Gasteiger partial charge < -0.3 is 5.11 Å². The van der Waals surface area contributed by atoms with Gasteiger partial charge >= 0.3 is 0 Å². The maximum atomic E-state index is 12.0. The summed E-state index contributed by atoms with van der Waals surface area (Å²) in [4.78, 5) is 0. The van der Waals surface area contributed by atoms with E-state index in [-0.39, 0.29) is 0 Å². The molecule has 4 atom stereocenters. The smallest absolute Gasteiger partial charge is 0.136 e. The molecule has 0 saturated heterocycles. The first kappa shape index (κ1) is 14.2. The predicted octanol–water partition coefficient (Wildman–Crippen LogP) is 4.69. The second-order valence-corrected chi connectivity index (χ2v) is 7.48. The van der Waals surface area contributed by atoms with Crippen LogP contribution in [0, 0.1) is 23.7 Å². The van der Waals surface area contributed by atoms with Crippen molar-refractivity contribution in [2.24, 2.45) is 23.7 Å². The molecule has 3 aliphatic rings. The van der Waals surface area contributed by atoms with Crippen LogP contribution in [0.3, 0.4) is 0 Å². The van der Waals surface area contributed by atoms with E-state index in [9.17, 15) is 5.11 Å². The van der Waals surface area contributed by atoms with Gasteiger partial charge in [0, 0.05) is 0 Å². The maximum absolute atomic E-state index is 12.0. The van der Waals surface area contributed by atoms with Crippen molar-refractivity contribution in [2.45, 2.75) is 18.4 Å². The van der Waals surface area contributed by atoms with Crippen molar-refractivity contribution in [3.63, 3.8) is 0 Å². The van der Waals surface area contributed by atoms with Crippen LogP contribution in [-0.2, 0) is 5.60 Å². The van der Waals surface area contributed by atoms with Gasteiger partial charge in [0.1, 0.15) is 5.60 Å². The second-order valence-electron chi connectivity index (χ2n) is 7.48. The summed E-state index contributed by atoms with van der Waals surface area (Å²) < 4.78 is 0. The Morgan fingerprint density at radius 3 is 2.12 bits per heavy atom. The molecule has 1 nitrogen and oxygen atoms in total. The van der Waals surface area contributed by atoms with E-state index in [0.717, 1.165) is 11.1 Å². The molecular weight excluding hydrogens is 292 g/mol. The largest absolute Gasteiger partial charge is 0.376 e. The van der Waals surface area contributed by atoms with E-state index in [4.69, 9.17) is 0 Å². The van der Waals surface area contributed by atoms with Gasteiger partial charge in [-0.1, -0.05) is 78.9 Å². The first-order valence-electron chi connectivity index (χ1n) is 9.01. The minimum Gasteiger partial charge on any atom is -0.376 e. The molecule has 0 radical (unpaired) electrons. The predicted molar refractivity (Wildman–Crippen MR) is 96.3 cm³/mol. The Kier molecular flexibility index (Phi) is 3.08. The Hall–Kier alpha value is -2.12. The van der Waals surface area contributed by atoms with E-state index in [1.165, 1.54) is 18.4 Å². The summed E-state index contributed by atoms with van der Waals surface area (Å²) in [6, 6.07) is 20.4. The van der Waals surface area contributed by atoms with Crippen molar-refractivity contribution in [3.05, 3.63) is 95.6 Å². The van der Waals surface area contributed by atoms with E-state index >= 15 is 0 Å². The summed E-state index contributed by atoms with van der Waals surface area (Å²) in [5.74, 6) is 2.50. The molecule has 0 aromatic heterocycles. The average Bonchev–Trinajstić information content (AvgIpc) is 3.35. The Morgan fingerprint density at radius 1 is 0.875 bits per heavy atom. The highest BCUT2D eigenvalue weighted by Crippen LogP contribution is 2.60. The summed E-state index contributed by atoms with van der Waals surface area (Å²) >= 11 is 0. The molecular formula is C23H22O. The fourth-order valence-corrected chi connectivity index (χ4v) is 5.35. The van der Waals surface area contributed by atoms with Crippen LogP contribution in [0.4, 0.5) is 0 Å². The molecule has 24 heavy (non-hydrogen) atoms. The van der Waals surface area contributed by atoms with Crippen molar-refractivity contribution < 1.29 is 5.11 Å². The van der Waals surface area contributed by atoms with Gasteiger partial charge in [0.15, 0.2) is 0 Å². The van der Waals surface area contributed by atoms with Crippen LogP contribution in [0.25, 0.3) is 0 Å². The van der Waals surface area contributed by atoms with Gasteiger partial charge in [0.05, 0.1) is 0 Å². The number of rotatable bonds is 3. The molecule has 2 aromatic rings. The monoisotopic (exact) mass is 314 g/mol. The van der Waals surface area contributed by atoms with Gasteiger partial charge in [-0.25, -0.2) is 0 Å². The van der Waals surface area contributed by atoms with Crippen LogP contribution in [0.5, 0.6) is 0 Å². The zero-order valence-corrected chi connectivity index (χ0v) is 13.7. The molecule has 2 aromatic carbocycles. The summed E-state index contributed by atoms with van der Waals surface area (Å²) in [6.07, 6.45) is 9.52. The summed E-state index contributed by atoms with van der Waals surface area (Å²) in [7, 11) is 0. The van der Waals surface area contributed by atoms with Crippen molar-refractivity contribution in [1.29, 1.82) is 0 Å². The lowest BCUT2D eigenvalue weighted by atomic mass is 9.70. The molecule has 1 saturated carbocycles. The highest BCUT2D eigenvalue weighted by Gasteiger charge is 2.53. The molecule has 0 spiro atoms.